The van der Waals surface area contributed by atoms with E-state index in [1.54, 1.807) is 27.9 Å². The number of nitrogens with two attached hydrogens (primary N) is 1. The lowest BCUT2D eigenvalue weighted by Crippen LogP contribution is -2.18. The van der Waals surface area contributed by atoms with Gasteiger partial charge in [0.05, 0.1) is 29.4 Å². The van der Waals surface area contributed by atoms with Gasteiger partial charge in [-0.1, -0.05) is 11.8 Å². The number of hydrogen-bond donors (Lipinski definition) is 2. The number of methoxy groups -OCH3 is 1. The van der Waals surface area contributed by atoms with Gasteiger partial charge >= 0.3 is 5.97 Å². The second-order valence-electron chi connectivity index (χ2n) is 7.69. The fourth-order valence-corrected chi connectivity index (χ4v) is 5.15. The molecule has 1 aromatic carbocycles. The van der Waals surface area contributed by atoms with E-state index in [1.807, 2.05) is 35.8 Å². The van der Waals surface area contributed by atoms with Gasteiger partial charge in [-0.05, 0) is 57.5 Å². The highest BCUT2D eigenvalue weighted by Gasteiger charge is 2.26. The molecule has 10 nitrogen and oxygen atoms in total. The number of hydrogen-bond acceptors (Lipinski definition) is 9. The standard InChI is InChI=1S/C23H27N5O5S2/c1-6-28-20(14-7-9-15(32-5)10-8-14)26-27-23(28)34-11-16(29)25-21-17(22(31)33-12(2)3)13(4)18(35-21)19(24)30/h7-10,12H,6,11H2,1-5H3,(H2,24,30)(H,25,29). The molecule has 0 aliphatic carbocycles. The fourth-order valence-electron chi connectivity index (χ4n) is 3.28. The predicted octanol–water partition coefficient (Wildman–Crippen LogP) is 3.74. The molecule has 0 spiro atoms. The van der Waals surface area contributed by atoms with Gasteiger partial charge in [0, 0.05) is 12.1 Å². The van der Waals surface area contributed by atoms with E-state index in [0.717, 1.165) is 22.6 Å². The zero-order valence-electron chi connectivity index (χ0n) is 20.1. The monoisotopic (exact) mass is 517 g/mol. The molecule has 0 atom stereocenters. The number of aromatic nitrogens is 3. The van der Waals surface area contributed by atoms with Crippen molar-refractivity contribution in [2.24, 2.45) is 5.73 Å². The number of esters is 1. The highest BCUT2D eigenvalue weighted by molar-refractivity contribution is 7.99. The smallest absolute Gasteiger partial charge is 0.341 e. The molecule has 0 fully saturated rings. The minimum Gasteiger partial charge on any atom is -0.497 e. The van der Waals surface area contributed by atoms with Crippen LogP contribution in [-0.2, 0) is 16.1 Å². The number of rotatable bonds is 10. The second-order valence-corrected chi connectivity index (χ2v) is 9.66. The van der Waals surface area contributed by atoms with Gasteiger partial charge in [0.25, 0.3) is 5.91 Å². The summed E-state index contributed by atoms with van der Waals surface area (Å²) in [7, 11) is 1.60. The van der Waals surface area contributed by atoms with Crippen LogP contribution in [0.2, 0.25) is 0 Å². The number of nitrogens with one attached hydrogen (secondary N) is 1. The van der Waals surface area contributed by atoms with E-state index in [0.29, 0.717) is 23.1 Å². The minimum atomic E-state index is -0.678. The first-order valence-electron chi connectivity index (χ1n) is 10.8. The van der Waals surface area contributed by atoms with Crippen molar-refractivity contribution >= 4 is 45.9 Å². The molecule has 2 aromatic heterocycles. The molecule has 186 valence electrons. The van der Waals surface area contributed by atoms with Gasteiger partial charge in [0.2, 0.25) is 5.91 Å². The molecular formula is C23H27N5O5S2. The number of thioether (sulfide) groups is 1. The van der Waals surface area contributed by atoms with E-state index in [1.165, 1.54) is 11.8 Å². The molecule has 3 rings (SSSR count). The Bertz CT molecular complexity index is 1230. The first-order chi connectivity index (χ1) is 16.7. The zero-order chi connectivity index (χ0) is 25.7. The molecule has 0 aliphatic rings. The second kappa shape index (κ2) is 11.4. The van der Waals surface area contributed by atoms with Crippen molar-refractivity contribution in [3.63, 3.8) is 0 Å². The highest BCUT2D eigenvalue weighted by Crippen LogP contribution is 2.34. The summed E-state index contributed by atoms with van der Waals surface area (Å²) >= 11 is 2.17. The average molecular weight is 518 g/mol. The summed E-state index contributed by atoms with van der Waals surface area (Å²) < 4.78 is 12.4. The molecule has 3 aromatic rings. The van der Waals surface area contributed by atoms with Crippen LogP contribution < -0.4 is 15.8 Å². The number of carbonyl (C=O) groups is 3. The third-order valence-corrected chi connectivity index (χ3v) is 7.07. The number of ether oxygens (including phenoxy) is 2. The van der Waals surface area contributed by atoms with Crippen molar-refractivity contribution in [2.45, 2.75) is 45.5 Å². The molecule has 0 bridgehead atoms. The van der Waals surface area contributed by atoms with Crippen molar-refractivity contribution < 1.29 is 23.9 Å². The van der Waals surface area contributed by atoms with Crippen molar-refractivity contribution in [3.05, 3.63) is 40.3 Å². The number of nitrogens with zero attached hydrogens (tertiary/aromatic N) is 3. The summed E-state index contributed by atoms with van der Waals surface area (Å²) in [5.74, 6) is -0.244. The lowest BCUT2D eigenvalue weighted by atomic mass is 10.1. The van der Waals surface area contributed by atoms with E-state index in [2.05, 4.69) is 15.5 Å². The van der Waals surface area contributed by atoms with Crippen molar-refractivity contribution in [2.75, 3.05) is 18.2 Å². The van der Waals surface area contributed by atoms with Gasteiger partial charge in [-0.15, -0.1) is 21.5 Å². The van der Waals surface area contributed by atoms with Crippen LogP contribution in [-0.4, -0.2) is 51.5 Å². The van der Waals surface area contributed by atoms with E-state index < -0.39 is 11.9 Å². The Kier molecular flexibility index (Phi) is 8.52. The maximum Gasteiger partial charge on any atom is 0.341 e. The molecule has 0 saturated heterocycles. The van der Waals surface area contributed by atoms with Crippen molar-refractivity contribution in [1.82, 2.24) is 14.8 Å². The van der Waals surface area contributed by atoms with Gasteiger partial charge in [-0.3, -0.25) is 9.59 Å². The quantitative estimate of drug-likeness (QED) is 0.306. The summed E-state index contributed by atoms with van der Waals surface area (Å²) in [5, 5.41) is 12.0. The SMILES string of the molecule is CCn1c(SCC(=O)Nc2sc(C(N)=O)c(C)c2C(=O)OC(C)C)nnc1-c1ccc(OC)cc1. The van der Waals surface area contributed by atoms with E-state index in [9.17, 15) is 14.4 Å². The Balaban J connectivity index is 1.76. The fraction of sp³-hybridized carbons (Fsp3) is 0.348. The van der Waals surface area contributed by atoms with Gasteiger partial charge in [-0.25, -0.2) is 4.79 Å². The van der Waals surface area contributed by atoms with Crippen LogP contribution in [0.15, 0.2) is 29.4 Å². The summed E-state index contributed by atoms with van der Waals surface area (Å²) in [6.07, 6.45) is -0.363. The van der Waals surface area contributed by atoms with Crippen LogP contribution in [0, 0.1) is 6.92 Å². The molecule has 0 unspecified atom stereocenters. The number of thiophene rings is 1. The molecule has 2 heterocycles. The zero-order valence-corrected chi connectivity index (χ0v) is 21.7. The summed E-state index contributed by atoms with van der Waals surface area (Å²) in [6, 6.07) is 7.47. The van der Waals surface area contributed by atoms with Crippen LogP contribution in [0.3, 0.4) is 0 Å². The van der Waals surface area contributed by atoms with Gasteiger partial charge in [0.1, 0.15) is 10.8 Å². The molecule has 0 radical (unpaired) electrons. The van der Waals surface area contributed by atoms with Crippen LogP contribution in [0.4, 0.5) is 5.00 Å². The minimum absolute atomic E-state index is 0.0161. The third-order valence-electron chi connectivity index (χ3n) is 4.88. The number of benzene rings is 1. The highest BCUT2D eigenvalue weighted by atomic mass is 32.2. The third kappa shape index (κ3) is 6.01. The first-order valence-corrected chi connectivity index (χ1v) is 12.6. The van der Waals surface area contributed by atoms with Crippen molar-refractivity contribution in [1.29, 1.82) is 0 Å². The Labute approximate surface area is 211 Å². The lowest BCUT2D eigenvalue weighted by molar-refractivity contribution is -0.113. The Hall–Kier alpha value is -3.38. The normalized spacial score (nSPS) is 10.9. The number of anilines is 1. The van der Waals surface area contributed by atoms with Gasteiger partial charge in [0.15, 0.2) is 11.0 Å². The van der Waals surface area contributed by atoms with Crippen LogP contribution in [0.25, 0.3) is 11.4 Å². The first kappa shape index (κ1) is 26.2. The Morgan fingerprint density at radius 1 is 1.20 bits per heavy atom. The summed E-state index contributed by atoms with van der Waals surface area (Å²) in [4.78, 5) is 37.3. The maximum atomic E-state index is 12.8. The topological polar surface area (TPSA) is 138 Å². The van der Waals surface area contributed by atoms with Crippen LogP contribution >= 0.6 is 23.1 Å². The Morgan fingerprint density at radius 3 is 2.46 bits per heavy atom. The molecule has 3 N–H and O–H groups in total. The average Bonchev–Trinajstić information content (AvgIpc) is 3.37. The van der Waals surface area contributed by atoms with E-state index in [4.69, 9.17) is 15.2 Å². The number of primary amides is 1. The molecule has 0 aliphatic heterocycles. The molecule has 2 amide bonds. The summed E-state index contributed by atoms with van der Waals surface area (Å²) in [6.45, 7) is 7.60. The molecular weight excluding hydrogens is 490 g/mol. The Morgan fingerprint density at radius 2 is 1.89 bits per heavy atom. The predicted molar refractivity (Wildman–Crippen MR) is 135 cm³/mol. The number of carbonyl (C=O) groups excluding carboxylic acids is 3. The molecule has 35 heavy (non-hydrogen) atoms. The van der Waals surface area contributed by atoms with E-state index in [-0.39, 0.29) is 33.2 Å². The van der Waals surface area contributed by atoms with Crippen LogP contribution in [0.5, 0.6) is 5.75 Å². The van der Waals surface area contributed by atoms with Crippen LogP contribution in [0.1, 0.15) is 46.4 Å². The van der Waals surface area contributed by atoms with Crippen molar-refractivity contribution in [3.8, 4) is 17.1 Å². The van der Waals surface area contributed by atoms with E-state index >= 15 is 0 Å². The van der Waals surface area contributed by atoms with Gasteiger partial charge in [-0.2, -0.15) is 0 Å². The van der Waals surface area contributed by atoms with Gasteiger partial charge < -0.3 is 25.1 Å². The largest absolute Gasteiger partial charge is 0.497 e. The number of amides is 2. The lowest BCUT2D eigenvalue weighted by Gasteiger charge is -2.10. The summed E-state index contributed by atoms with van der Waals surface area (Å²) in [5.41, 5.74) is 6.83. The molecule has 12 heteroatoms. The maximum absolute atomic E-state index is 12.8. The molecule has 0 saturated carbocycles.